The summed E-state index contributed by atoms with van der Waals surface area (Å²) >= 11 is 0. The van der Waals surface area contributed by atoms with Crippen LogP contribution < -0.4 is 19.5 Å². The Morgan fingerprint density at radius 3 is 2.61 bits per heavy atom. The van der Waals surface area contributed by atoms with Gasteiger partial charge in [-0.1, -0.05) is 19.1 Å². The summed E-state index contributed by atoms with van der Waals surface area (Å²) in [6.45, 7) is 3.71. The van der Waals surface area contributed by atoms with Crippen LogP contribution in [-0.2, 0) is 0 Å². The fraction of sp³-hybridized carbons (Fsp3) is 0.435. The van der Waals surface area contributed by atoms with Crippen LogP contribution in [0.2, 0.25) is 0 Å². The number of rotatable bonds is 9. The summed E-state index contributed by atoms with van der Waals surface area (Å²) in [6, 6.07) is 7.11. The molecule has 0 amide bonds. The Morgan fingerprint density at radius 2 is 1.94 bits per heavy atom. The fourth-order valence-electron chi connectivity index (χ4n) is 4.31. The molecule has 2 aromatic rings. The highest BCUT2D eigenvalue weighted by Gasteiger charge is 2.41. The molecule has 0 saturated carbocycles. The Kier molecular flexibility index (Phi) is 6.08. The minimum Gasteiger partial charge on any atom is -0.496 e. The van der Waals surface area contributed by atoms with E-state index in [0.29, 0.717) is 53.9 Å². The number of carbonyl (C=O) groups is 1. The van der Waals surface area contributed by atoms with Crippen molar-refractivity contribution in [2.75, 3.05) is 26.9 Å². The molecule has 1 aliphatic carbocycles. The number of nitro benzene ring substituents is 1. The van der Waals surface area contributed by atoms with Gasteiger partial charge in [0.2, 0.25) is 11.5 Å². The first kappa shape index (κ1) is 21.1. The quantitative estimate of drug-likeness (QED) is 0.406. The van der Waals surface area contributed by atoms with E-state index in [2.05, 4.69) is 5.32 Å². The lowest BCUT2D eigenvalue weighted by Gasteiger charge is -2.16. The third-order valence-corrected chi connectivity index (χ3v) is 5.73. The van der Waals surface area contributed by atoms with Gasteiger partial charge in [0.25, 0.3) is 0 Å². The Labute approximate surface area is 180 Å². The maximum absolute atomic E-state index is 13.3. The molecule has 0 radical (unpaired) electrons. The van der Waals surface area contributed by atoms with E-state index in [1.54, 1.807) is 18.2 Å². The van der Waals surface area contributed by atoms with Crippen molar-refractivity contribution in [3.63, 3.8) is 0 Å². The zero-order valence-electron chi connectivity index (χ0n) is 17.7. The Morgan fingerprint density at radius 1 is 1.13 bits per heavy atom. The van der Waals surface area contributed by atoms with Crippen LogP contribution in [0.5, 0.6) is 17.2 Å². The van der Waals surface area contributed by atoms with Crippen LogP contribution in [0.1, 0.15) is 48.5 Å². The van der Waals surface area contributed by atoms with Crippen molar-refractivity contribution < 1.29 is 23.9 Å². The van der Waals surface area contributed by atoms with Gasteiger partial charge >= 0.3 is 5.69 Å². The molecule has 0 spiro atoms. The number of benzene rings is 2. The molecule has 4 rings (SSSR count). The lowest BCUT2D eigenvalue weighted by molar-refractivity contribution is -0.386. The zero-order valence-corrected chi connectivity index (χ0v) is 17.7. The normalized spacial score (nSPS) is 16.7. The molecule has 31 heavy (non-hydrogen) atoms. The highest BCUT2D eigenvalue weighted by molar-refractivity contribution is 6.26. The predicted octanol–water partition coefficient (Wildman–Crippen LogP) is 4.12. The number of methoxy groups -OCH3 is 1. The number of hydrogen-bond acceptors (Lipinski definition) is 7. The molecular weight excluding hydrogens is 400 g/mol. The summed E-state index contributed by atoms with van der Waals surface area (Å²) in [5.74, 6) is 0.503. The van der Waals surface area contributed by atoms with Gasteiger partial charge in [-0.25, -0.2) is 0 Å². The van der Waals surface area contributed by atoms with Gasteiger partial charge in [0.05, 0.1) is 25.2 Å². The summed E-state index contributed by atoms with van der Waals surface area (Å²) in [5.41, 5.74) is 0.988. The number of hydrogen-bond donors (Lipinski definition) is 1. The van der Waals surface area contributed by atoms with Gasteiger partial charge < -0.3 is 19.5 Å². The molecule has 164 valence electrons. The molecule has 0 aromatic heterocycles. The first-order valence-corrected chi connectivity index (χ1v) is 10.6. The van der Waals surface area contributed by atoms with Crippen LogP contribution in [0.4, 0.5) is 5.69 Å². The Bertz CT molecular complexity index is 1010. The van der Waals surface area contributed by atoms with Crippen LogP contribution in [-0.4, -0.2) is 43.6 Å². The van der Waals surface area contributed by atoms with Crippen molar-refractivity contribution in [1.29, 1.82) is 0 Å². The molecule has 8 nitrogen and oxygen atoms in total. The van der Waals surface area contributed by atoms with Crippen LogP contribution in [0.3, 0.4) is 0 Å². The van der Waals surface area contributed by atoms with Crippen LogP contribution >= 0.6 is 0 Å². The summed E-state index contributed by atoms with van der Waals surface area (Å²) < 4.78 is 17.2. The molecule has 1 aliphatic heterocycles. The third-order valence-electron chi connectivity index (χ3n) is 5.73. The smallest absolute Gasteiger partial charge is 0.322 e. The van der Waals surface area contributed by atoms with Crippen molar-refractivity contribution in [2.24, 2.45) is 0 Å². The maximum atomic E-state index is 13.3. The van der Waals surface area contributed by atoms with Crippen molar-refractivity contribution in [2.45, 2.75) is 38.6 Å². The van der Waals surface area contributed by atoms with Crippen molar-refractivity contribution in [1.82, 2.24) is 5.32 Å². The molecule has 1 atom stereocenters. The molecule has 1 unspecified atom stereocenters. The van der Waals surface area contributed by atoms with E-state index in [4.69, 9.17) is 14.2 Å². The van der Waals surface area contributed by atoms with Gasteiger partial charge in [-0.2, -0.15) is 0 Å². The number of nitrogens with one attached hydrogen (secondary N) is 1. The average Bonchev–Trinajstić information content (AvgIpc) is 3.39. The van der Waals surface area contributed by atoms with Crippen molar-refractivity contribution in [3.05, 3.63) is 45.5 Å². The van der Waals surface area contributed by atoms with E-state index >= 15 is 0 Å². The van der Waals surface area contributed by atoms with E-state index < -0.39 is 10.7 Å². The van der Waals surface area contributed by atoms with Crippen molar-refractivity contribution in [3.8, 4) is 28.4 Å². The monoisotopic (exact) mass is 426 g/mol. The molecule has 2 aromatic carbocycles. The van der Waals surface area contributed by atoms with Gasteiger partial charge in [-0.15, -0.1) is 0 Å². The van der Waals surface area contributed by atoms with Crippen LogP contribution in [0.25, 0.3) is 11.1 Å². The van der Waals surface area contributed by atoms with Gasteiger partial charge in [-0.05, 0) is 38.3 Å². The van der Waals surface area contributed by atoms with Crippen molar-refractivity contribution >= 4 is 11.5 Å². The lowest BCUT2D eigenvalue weighted by Crippen LogP contribution is -2.23. The first-order chi connectivity index (χ1) is 15.1. The zero-order chi connectivity index (χ0) is 22.0. The second kappa shape index (κ2) is 8.93. The van der Waals surface area contributed by atoms with Crippen LogP contribution in [0.15, 0.2) is 24.3 Å². The third kappa shape index (κ3) is 3.83. The number of ketones is 1. The SMILES string of the molecule is CCCOc1cc(OC)c2c(c1[N+](=O)[O-])C(=O)c1cccc(OCCC3CCCN3)c1-2. The molecule has 2 aliphatic rings. The minimum absolute atomic E-state index is 0.000961. The van der Waals surface area contributed by atoms with E-state index in [0.717, 1.165) is 25.8 Å². The number of carbonyl (C=O) groups excluding carboxylic acids is 1. The second-order valence-corrected chi connectivity index (χ2v) is 7.72. The summed E-state index contributed by atoms with van der Waals surface area (Å²) in [4.78, 5) is 24.6. The number of nitrogens with zero attached hydrogens (tertiary/aromatic N) is 1. The van der Waals surface area contributed by atoms with Gasteiger partial charge in [0, 0.05) is 28.8 Å². The molecular formula is C23H26N2O6. The highest BCUT2D eigenvalue weighted by atomic mass is 16.6. The first-order valence-electron chi connectivity index (χ1n) is 10.6. The number of ether oxygens (including phenoxy) is 3. The van der Waals surface area contributed by atoms with Crippen LogP contribution in [0, 0.1) is 10.1 Å². The Balaban J connectivity index is 1.77. The van der Waals surface area contributed by atoms with E-state index in [-0.39, 0.29) is 17.0 Å². The summed E-state index contributed by atoms with van der Waals surface area (Å²) in [6.07, 6.45) is 3.82. The highest BCUT2D eigenvalue weighted by Crippen LogP contribution is 2.53. The lowest BCUT2D eigenvalue weighted by atomic mass is 10.0. The molecule has 1 N–H and O–H groups in total. The summed E-state index contributed by atoms with van der Waals surface area (Å²) in [5, 5.41) is 15.4. The standard InChI is InChI=1S/C23H26N2O6/c1-3-11-30-18-13-17(29-2)20-19-15(23(26)21(20)22(18)25(27)28)7-4-8-16(19)31-12-9-14-6-5-10-24-14/h4,7-8,13-14,24H,3,5-6,9-12H2,1-2H3. The van der Waals surface area contributed by atoms with Gasteiger partial charge in [0.15, 0.2) is 0 Å². The second-order valence-electron chi connectivity index (χ2n) is 7.72. The van der Waals surface area contributed by atoms with E-state index in [1.807, 2.05) is 6.92 Å². The summed E-state index contributed by atoms with van der Waals surface area (Å²) in [7, 11) is 1.47. The average molecular weight is 426 g/mol. The molecule has 8 heteroatoms. The van der Waals surface area contributed by atoms with Gasteiger partial charge in [-0.3, -0.25) is 14.9 Å². The molecule has 1 heterocycles. The predicted molar refractivity (Wildman–Crippen MR) is 115 cm³/mol. The largest absolute Gasteiger partial charge is 0.496 e. The maximum Gasteiger partial charge on any atom is 0.322 e. The number of nitro groups is 1. The van der Waals surface area contributed by atoms with E-state index in [9.17, 15) is 14.9 Å². The topological polar surface area (TPSA) is 99.9 Å². The number of fused-ring (bicyclic) bond motifs is 3. The van der Waals surface area contributed by atoms with E-state index in [1.165, 1.54) is 13.2 Å². The molecule has 0 bridgehead atoms. The Hall–Kier alpha value is -3.13. The fourth-order valence-corrected chi connectivity index (χ4v) is 4.31. The minimum atomic E-state index is -0.556. The molecule has 1 fully saturated rings. The molecule has 1 saturated heterocycles. The van der Waals surface area contributed by atoms with Gasteiger partial charge in [0.1, 0.15) is 17.1 Å².